The molecule has 10 heteroatoms. The van der Waals surface area contributed by atoms with Crippen LogP contribution in [0.1, 0.15) is 48.5 Å². The third-order valence-corrected chi connectivity index (χ3v) is 4.23. The lowest BCUT2D eigenvalue weighted by molar-refractivity contribution is -0.193. The molecule has 0 radical (unpaired) electrons. The summed E-state index contributed by atoms with van der Waals surface area (Å²) in [6.07, 6.45) is -2.03. The van der Waals surface area contributed by atoms with E-state index in [0.717, 1.165) is 6.92 Å². The zero-order valence-electron chi connectivity index (χ0n) is 18.4. The number of carbonyl (C=O) groups is 3. The summed E-state index contributed by atoms with van der Waals surface area (Å²) in [5, 5.41) is 0. The highest BCUT2D eigenvalue weighted by Gasteiger charge is 2.51. The van der Waals surface area contributed by atoms with Crippen molar-refractivity contribution in [3.05, 3.63) is 11.8 Å². The van der Waals surface area contributed by atoms with Gasteiger partial charge in [-0.05, 0) is 40.7 Å². The number of ether oxygens (including phenoxy) is 7. The van der Waals surface area contributed by atoms with Crippen LogP contribution in [-0.2, 0) is 47.5 Å². The van der Waals surface area contributed by atoms with E-state index < -0.39 is 53.9 Å². The Balaban J connectivity index is 2.38. The Morgan fingerprint density at radius 3 is 2.20 bits per heavy atom. The summed E-state index contributed by atoms with van der Waals surface area (Å²) >= 11 is 0. The van der Waals surface area contributed by atoms with E-state index in [2.05, 4.69) is 0 Å². The van der Waals surface area contributed by atoms with Crippen molar-refractivity contribution in [1.82, 2.24) is 0 Å². The van der Waals surface area contributed by atoms with Gasteiger partial charge in [0, 0.05) is 13.8 Å². The van der Waals surface area contributed by atoms with Gasteiger partial charge in [0.25, 0.3) is 0 Å². The molecule has 0 aromatic rings. The summed E-state index contributed by atoms with van der Waals surface area (Å²) in [5.41, 5.74) is 0. The van der Waals surface area contributed by atoms with E-state index in [9.17, 15) is 14.4 Å². The molecular formula is C20H30O10. The lowest BCUT2D eigenvalue weighted by Crippen LogP contribution is -2.47. The third kappa shape index (κ3) is 6.49. The first-order valence-electron chi connectivity index (χ1n) is 9.75. The first-order chi connectivity index (χ1) is 13.8. The molecule has 2 saturated heterocycles. The predicted molar refractivity (Wildman–Crippen MR) is 101 cm³/mol. The summed E-state index contributed by atoms with van der Waals surface area (Å²) in [7, 11) is 0. The Morgan fingerprint density at radius 1 is 1.03 bits per heavy atom. The Morgan fingerprint density at radius 2 is 1.70 bits per heavy atom. The summed E-state index contributed by atoms with van der Waals surface area (Å²) in [6, 6.07) is 0. The van der Waals surface area contributed by atoms with Gasteiger partial charge in [-0.25, -0.2) is 4.79 Å². The van der Waals surface area contributed by atoms with Crippen molar-refractivity contribution in [1.29, 1.82) is 0 Å². The molecule has 2 fully saturated rings. The first-order valence-corrected chi connectivity index (χ1v) is 9.75. The molecular weight excluding hydrogens is 400 g/mol. The van der Waals surface area contributed by atoms with Crippen molar-refractivity contribution >= 4 is 17.9 Å². The normalized spacial score (nSPS) is 28.6. The number of rotatable bonds is 7. The molecule has 30 heavy (non-hydrogen) atoms. The van der Waals surface area contributed by atoms with E-state index in [0.29, 0.717) is 0 Å². The molecule has 2 rings (SSSR count). The smallest absolute Gasteiger partial charge is 0.374 e. The van der Waals surface area contributed by atoms with Gasteiger partial charge < -0.3 is 33.2 Å². The molecule has 170 valence electrons. The number of carbonyl (C=O) groups excluding carboxylic acids is 3. The van der Waals surface area contributed by atoms with Gasteiger partial charge in [0.05, 0.1) is 13.2 Å². The maximum absolute atomic E-state index is 12.2. The first kappa shape index (κ1) is 24.3. The van der Waals surface area contributed by atoms with Gasteiger partial charge in [-0.1, -0.05) is 0 Å². The van der Waals surface area contributed by atoms with Gasteiger partial charge in [-0.3, -0.25) is 9.59 Å². The summed E-state index contributed by atoms with van der Waals surface area (Å²) in [6.45, 7) is 11.1. The standard InChI is InChI=1S/C20H30O10/c1-8-24-18(23)14(26-11(2)21)9-13-17(30-20(6,7)28-13)16(27-12(3)22)15-10-25-19(4,5)29-15/h9,13,15-17H,8,10H2,1-7H3/b14-9+/t13-,15-,16-,17-/m1/s1. The number of hydrogen-bond donors (Lipinski definition) is 0. The van der Waals surface area contributed by atoms with Crippen molar-refractivity contribution < 1.29 is 47.5 Å². The van der Waals surface area contributed by atoms with Crippen molar-refractivity contribution in [2.45, 2.75) is 84.5 Å². The molecule has 0 N–H and O–H groups in total. The second kappa shape index (κ2) is 9.42. The van der Waals surface area contributed by atoms with Crippen LogP contribution in [0, 0.1) is 0 Å². The average Bonchev–Trinajstić information content (AvgIpc) is 3.10. The highest BCUT2D eigenvalue weighted by Crippen LogP contribution is 2.36. The maximum atomic E-state index is 12.2. The third-order valence-electron chi connectivity index (χ3n) is 4.23. The quantitative estimate of drug-likeness (QED) is 0.255. The van der Waals surface area contributed by atoms with Gasteiger partial charge >= 0.3 is 17.9 Å². The molecule has 0 aromatic heterocycles. The number of hydrogen-bond acceptors (Lipinski definition) is 10. The molecule has 0 aromatic carbocycles. The van der Waals surface area contributed by atoms with Gasteiger partial charge in [-0.2, -0.15) is 0 Å². The van der Waals surface area contributed by atoms with Crippen LogP contribution >= 0.6 is 0 Å². The second-order valence-corrected chi connectivity index (χ2v) is 7.85. The van der Waals surface area contributed by atoms with Crippen LogP contribution in [0.25, 0.3) is 0 Å². The fourth-order valence-corrected chi connectivity index (χ4v) is 3.27. The SMILES string of the molecule is CCOC(=O)/C(=C\[C@H]1OC(C)(C)O[C@H]1[C@H](OC(C)=O)[C@H]1COC(C)(C)O1)OC(C)=O. The van der Waals surface area contributed by atoms with Gasteiger partial charge in [0.1, 0.15) is 18.3 Å². The minimum absolute atomic E-state index is 0.0901. The van der Waals surface area contributed by atoms with Crippen LogP contribution < -0.4 is 0 Å². The highest BCUT2D eigenvalue weighted by atomic mass is 16.8. The van der Waals surface area contributed by atoms with Gasteiger partial charge in [0.2, 0.25) is 5.76 Å². The molecule has 10 nitrogen and oxygen atoms in total. The monoisotopic (exact) mass is 430 g/mol. The molecule has 2 aliphatic heterocycles. The van der Waals surface area contributed by atoms with Crippen LogP contribution in [0.4, 0.5) is 0 Å². The minimum Gasteiger partial charge on any atom is -0.460 e. The summed E-state index contributed by atoms with van der Waals surface area (Å²) < 4.78 is 38.8. The van der Waals surface area contributed by atoms with Crippen molar-refractivity contribution in [3.8, 4) is 0 Å². The zero-order chi connectivity index (χ0) is 22.7. The van der Waals surface area contributed by atoms with Crippen molar-refractivity contribution in [2.75, 3.05) is 13.2 Å². The molecule has 2 heterocycles. The van der Waals surface area contributed by atoms with Crippen LogP contribution in [-0.4, -0.2) is 67.1 Å². The summed E-state index contributed by atoms with van der Waals surface area (Å²) in [4.78, 5) is 35.5. The fourth-order valence-electron chi connectivity index (χ4n) is 3.27. The van der Waals surface area contributed by atoms with E-state index in [4.69, 9.17) is 33.2 Å². The Kier molecular flexibility index (Phi) is 7.62. The van der Waals surface area contributed by atoms with E-state index in [-0.39, 0.29) is 19.0 Å². The molecule has 0 amide bonds. The lowest BCUT2D eigenvalue weighted by Gasteiger charge is -2.29. The van der Waals surface area contributed by atoms with E-state index in [1.54, 1.807) is 34.6 Å². The molecule has 0 bridgehead atoms. The Hall–Kier alpha value is -2.01. The lowest BCUT2D eigenvalue weighted by atomic mass is 10.0. The molecule has 0 unspecified atom stereocenters. The largest absolute Gasteiger partial charge is 0.460 e. The topological polar surface area (TPSA) is 116 Å². The minimum atomic E-state index is -1.07. The number of esters is 3. The Bertz CT molecular complexity index is 696. The van der Waals surface area contributed by atoms with Crippen molar-refractivity contribution in [3.63, 3.8) is 0 Å². The van der Waals surface area contributed by atoms with Crippen LogP contribution in [0.15, 0.2) is 11.8 Å². The maximum Gasteiger partial charge on any atom is 0.374 e. The van der Waals surface area contributed by atoms with Crippen LogP contribution in [0.3, 0.4) is 0 Å². The van der Waals surface area contributed by atoms with Crippen LogP contribution in [0.2, 0.25) is 0 Å². The van der Waals surface area contributed by atoms with Gasteiger partial charge in [-0.15, -0.1) is 0 Å². The second-order valence-electron chi connectivity index (χ2n) is 7.85. The Labute approximate surface area is 175 Å². The highest BCUT2D eigenvalue weighted by molar-refractivity contribution is 5.89. The molecule has 2 aliphatic rings. The molecule has 4 atom stereocenters. The van der Waals surface area contributed by atoms with E-state index >= 15 is 0 Å². The fraction of sp³-hybridized carbons (Fsp3) is 0.750. The van der Waals surface area contributed by atoms with E-state index in [1.165, 1.54) is 13.0 Å². The zero-order valence-corrected chi connectivity index (χ0v) is 18.4. The van der Waals surface area contributed by atoms with Crippen molar-refractivity contribution in [2.24, 2.45) is 0 Å². The molecule has 0 aliphatic carbocycles. The molecule has 0 spiro atoms. The van der Waals surface area contributed by atoms with E-state index in [1.807, 2.05) is 0 Å². The summed E-state index contributed by atoms with van der Waals surface area (Å²) in [5.74, 6) is -4.35. The van der Waals surface area contributed by atoms with Gasteiger partial charge in [0.15, 0.2) is 17.7 Å². The molecule has 0 saturated carbocycles. The average molecular weight is 430 g/mol. The van der Waals surface area contributed by atoms with Crippen LogP contribution in [0.5, 0.6) is 0 Å². The predicted octanol–water partition coefficient (Wildman–Crippen LogP) is 1.60.